The van der Waals surface area contributed by atoms with E-state index >= 15 is 0 Å². The Morgan fingerprint density at radius 3 is 2.40 bits per heavy atom. The highest BCUT2D eigenvalue weighted by Gasteiger charge is 2.42. The van der Waals surface area contributed by atoms with Crippen LogP contribution in [0.3, 0.4) is 0 Å². The van der Waals surface area contributed by atoms with E-state index in [9.17, 15) is 8.42 Å². The Morgan fingerprint density at radius 2 is 1.85 bits per heavy atom. The molecule has 0 heterocycles. The Bertz CT molecular complexity index is 579. The molecule has 2 aliphatic rings. The highest BCUT2D eigenvalue weighted by molar-refractivity contribution is 7.89. The zero-order chi connectivity index (χ0) is 14.3. The molecule has 4 heteroatoms. The first kappa shape index (κ1) is 14.1. The molecule has 0 amide bonds. The number of hydrogen-bond acceptors (Lipinski definition) is 2. The molecule has 2 aliphatic carbocycles. The van der Waals surface area contributed by atoms with Gasteiger partial charge in [0.2, 0.25) is 10.0 Å². The van der Waals surface area contributed by atoms with Crippen molar-refractivity contribution < 1.29 is 8.42 Å². The van der Waals surface area contributed by atoms with Crippen LogP contribution in [0.2, 0.25) is 0 Å². The van der Waals surface area contributed by atoms with Gasteiger partial charge in [-0.3, -0.25) is 0 Å². The van der Waals surface area contributed by atoms with Crippen molar-refractivity contribution in [3.63, 3.8) is 0 Å². The first-order valence-corrected chi connectivity index (χ1v) is 9.03. The van der Waals surface area contributed by atoms with E-state index in [-0.39, 0.29) is 6.04 Å². The van der Waals surface area contributed by atoms with Gasteiger partial charge >= 0.3 is 0 Å². The van der Waals surface area contributed by atoms with Gasteiger partial charge in [-0.1, -0.05) is 24.1 Å². The second kappa shape index (κ2) is 5.15. The molecular formula is C16H23NO2S. The lowest BCUT2D eigenvalue weighted by Gasteiger charge is -2.28. The quantitative estimate of drug-likeness (QED) is 0.927. The molecule has 110 valence electrons. The molecular weight excluding hydrogens is 270 g/mol. The topological polar surface area (TPSA) is 46.2 Å². The molecule has 2 saturated carbocycles. The lowest BCUT2D eigenvalue weighted by molar-refractivity contribution is 0.280. The fourth-order valence-electron chi connectivity index (χ4n) is 4.02. The van der Waals surface area contributed by atoms with Gasteiger partial charge in [0.1, 0.15) is 0 Å². The van der Waals surface area contributed by atoms with Gasteiger partial charge in [-0.25, -0.2) is 13.1 Å². The Balaban J connectivity index is 1.71. The maximum atomic E-state index is 12.4. The molecule has 0 aliphatic heterocycles. The average molecular weight is 293 g/mol. The van der Waals surface area contributed by atoms with E-state index in [0.29, 0.717) is 10.8 Å². The van der Waals surface area contributed by atoms with Crippen LogP contribution in [0.4, 0.5) is 0 Å². The standard InChI is InChI=1S/C16H23NO2S/c1-11-3-7-15(8-4-11)20(18,19)17-12(2)16-10-13-5-6-14(16)9-13/h3-4,7-8,12-14,16-17H,5-6,9-10H2,1-2H3/t12-,13+,14+,16+/m0/s1. The fraction of sp³-hybridized carbons (Fsp3) is 0.625. The van der Waals surface area contributed by atoms with E-state index in [1.165, 1.54) is 25.7 Å². The molecule has 2 bridgehead atoms. The van der Waals surface area contributed by atoms with Crippen LogP contribution in [0.1, 0.15) is 38.2 Å². The number of fused-ring (bicyclic) bond motifs is 2. The Labute approximate surface area is 121 Å². The van der Waals surface area contributed by atoms with Crippen molar-refractivity contribution in [3.05, 3.63) is 29.8 Å². The number of benzene rings is 1. The third-order valence-corrected chi connectivity index (χ3v) is 6.68. The molecule has 3 nitrogen and oxygen atoms in total. The van der Waals surface area contributed by atoms with E-state index in [1.54, 1.807) is 12.1 Å². The molecule has 0 saturated heterocycles. The van der Waals surface area contributed by atoms with E-state index in [4.69, 9.17) is 0 Å². The highest BCUT2D eigenvalue weighted by Crippen LogP contribution is 2.49. The average Bonchev–Trinajstić information content (AvgIpc) is 3.01. The molecule has 0 unspecified atom stereocenters. The summed E-state index contributed by atoms with van der Waals surface area (Å²) in [6.07, 6.45) is 5.13. The van der Waals surface area contributed by atoms with Crippen molar-refractivity contribution in [1.82, 2.24) is 4.72 Å². The summed E-state index contributed by atoms with van der Waals surface area (Å²) in [6.45, 7) is 3.98. The van der Waals surface area contributed by atoms with Crippen molar-refractivity contribution in [2.75, 3.05) is 0 Å². The lowest BCUT2D eigenvalue weighted by atomic mass is 9.84. The van der Waals surface area contributed by atoms with Gasteiger partial charge in [0, 0.05) is 6.04 Å². The van der Waals surface area contributed by atoms with Crippen LogP contribution >= 0.6 is 0 Å². The van der Waals surface area contributed by atoms with Crippen LogP contribution in [0.5, 0.6) is 0 Å². The number of rotatable bonds is 4. The number of hydrogen-bond donors (Lipinski definition) is 1. The van der Waals surface area contributed by atoms with E-state index in [0.717, 1.165) is 17.4 Å². The molecule has 4 atom stereocenters. The second-order valence-electron chi connectivity index (χ2n) is 6.56. The maximum absolute atomic E-state index is 12.4. The summed E-state index contributed by atoms with van der Waals surface area (Å²) < 4.78 is 27.7. The maximum Gasteiger partial charge on any atom is 0.240 e. The summed E-state index contributed by atoms with van der Waals surface area (Å²) in [7, 11) is -3.38. The van der Waals surface area contributed by atoms with E-state index < -0.39 is 10.0 Å². The minimum absolute atomic E-state index is 0.0385. The van der Waals surface area contributed by atoms with Gasteiger partial charge in [0.15, 0.2) is 0 Å². The summed E-state index contributed by atoms with van der Waals surface area (Å²) in [4.78, 5) is 0.373. The van der Waals surface area contributed by atoms with Crippen molar-refractivity contribution in [2.24, 2.45) is 17.8 Å². The zero-order valence-electron chi connectivity index (χ0n) is 12.2. The minimum Gasteiger partial charge on any atom is -0.208 e. The SMILES string of the molecule is Cc1ccc(S(=O)(=O)N[C@@H](C)[C@H]2C[C@@H]3CC[C@@H]2C3)cc1. The molecule has 0 radical (unpaired) electrons. The Hall–Kier alpha value is -0.870. The summed E-state index contributed by atoms with van der Waals surface area (Å²) in [6, 6.07) is 7.10. The lowest BCUT2D eigenvalue weighted by Crippen LogP contribution is -2.40. The molecule has 1 aromatic carbocycles. The van der Waals surface area contributed by atoms with Crippen LogP contribution in [0.25, 0.3) is 0 Å². The smallest absolute Gasteiger partial charge is 0.208 e. The number of nitrogens with one attached hydrogen (secondary N) is 1. The molecule has 3 rings (SSSR count). The summed E-state index contributed by atoms with van der Waals surface area (Å²) >= 11 is 0. The monoisotopic (exact) mass is 293 g/mol. The largest absolute Gasteiger partial charge is 0.240 e. The third kappa shape index (κ3) is 2.63. The fourth-order valence-corrected chi connectivity index (χ4v) is 5.32. The Kier molecular flexibility index (Phi) is 3.63. The van der Waals surface area contributed by atoms with E-state index in [2.05, 4.69) is 4.72 Å². The second-order valence-corrected chi connectivity index (χ2v) is 8.28. The van der Waals surface area contributed by atoms with E-state index in [1.807, 2.05) is 26.0 Å². The molecule has 1 N–H and O–H groups in total. The molecule has 20 heavy (non-hydrogen) atoms. The van der Waals surface area contributed by atoms with Crippen molar-refractivity contribution in [2.45, 2.75) is 50.5 Å². The van der Waals surface area contributed by atoms with Crippen LogP contribution in [0, 0.1) is 24.7 Å². The Morgan fingerprint density at radius 1 is 1.15 bits per heavy atom. The minimum atomic E-state index is -3.38. The normalized spacial score (nSPS) is 30.6. The number of aryl methyl sites for hydroxylation is 1. The molecule has 2 fully saturated rings. The van der Waals surface area contributed by atoms with Gasteiger partial charge in [-0.15, -0.1) is 0 Å². The number of sulfonamides is 1. The summed E-state index contributed by atoms with van der Waals surface area (Å²) in [5.74, 6) is 2.10. The van der Waals surface area contributed by atoms with Gasteiger partial charge < -0.3 is 0 Å². The summed E-state index contributed by atoms with van der Waals surface area (Å²) in [5, 5.41) is 0. The van der Waals surface area contributed by atoms with Gasteiger partial charge in [0.05, 0.1) is 4.90 Å². The van der Waals surface area contributed by atoms with Crippen LogP contribution in [0.15, 0.2) is 29.2 Å². The molecule has 0 aromatic heterocycles. The first-order chi connectivity index (χ1) is 9.45. The van der Waals surface area contributed by atoms with Gasteiger partial charge in [-0.05, 0) is 63.0 Å². The van der Waals surface area contributed by atoms with Crippen molar-refractivity contribution in [3.8, 4) is 0 Å². The predicted octanol–water partition coefficient (Wildman–Crippen LogP) is 3.10. The van der Waals surface area contributed by atoms with Gasteiger partial charge in [0.25, 0.3) is 0 Å². The van der Waals surface area contributed by atoms with Crippen LogP contribution in [-0.2, 0) is 10.0 Å². The van der Waals surface area contributed by atoms with Gasteiger partial charge in [-0.2, -0.15) is 0 Å². The zero-order valence-corrected chi connectivity index (χ0v) is 13.0. The first-order valence-electron chi connectivity index (χ1n) is 7.55. The highest BCUT2D eigenvalue weighted by atomic mass is 32.2. The molecule has 0 spiro atoms. The summed E-state index contributed by atoms with van der Waals surface area (Å²) in [5.41, 5.74) is 1.07. The van der Waals surface area contributed by atoms with Crippen LogP contribution in [-0.4, -0.2) is 14.5 Å². The third-order valence-electron chi connectivity index (χ3n) is 5.11. The van der Waals surface area contributed by atoms with Crippen molar-refractivity contribution >= 4 is 10.0 Å². The molecule has 1 aromatic rings. The van der Waals surface area contributed by atoms with Crippen LogP contribution < -0.4 is 4.72 Å². The predicted molar refractivity (Wildman–Crippen MR) is 79.9 cm³/mol. The van der Waals surface area contributed by atoms with Crippen molar-refractivity contribution in [1.29, 1.82) is 0 Å².